The maximum atomic E-state index is 12.3. The van der Waals surface area contributed by atoms with Gasteiger partial charge in [-0.25, -0.2) is 4.79 Å². The number of esters is 1. The molecular formula is C22H32O4. The van der Waals surface area contributed by atoms with Gasteiger partial charge in [-0.1, -0.05) is 25.8 Å². The summed E-state index contributed by atoms with van der Waals surface area (Å²) in [5.41, 5.74) is 2.26. The van der Waals surface area contributed by atoms with Crippen molar-refractivity contribution in [1.82, 2.24) is 0 Å². The van der Waals surface area contributed by atoms with E-state index in [1.54, 1.807) is 7.11 Å². The highest BCUT2D eigenvalue weighted by Gasteiger charge is 2.34. The molecule has 1 fully saturated rings. The summed E-state index contributed by atoms with van der Waals surface area (Å²) in [5, 5.41) is 0. The van der Waals surface area contributed by atoms with Crippen LogP contribution in [0.3, 0.4) is 0 Å². The first kappa shape index (κ1) is 19.2. The van der Waals surface area contributed by atoms with Crippen LogP contribution >= 0.6 is 0 Å². The van der Waals surface area contributed by atoms with Crippen LogP contribution in [-0.2, 0) is 20.7 Å². The Labute approximate surface area is 157 Å². The van der Waals surface area contributed by atoms with E-state index in [1.165, 1.54) is 30.4 Å². The lowest BCUT2D eigenvalue weighted by atomic mass is 9.83. The summed E-state index contributed by atoms with van der Waals surface area (Å²) in [6, 6.07) is 6.11. The topological polar surface area (TPSA) is 44.8 Å². The van der Waals surface area contributed by atoms with Crippen LogP contribution in [0, 0.1) is 0 Å². The van der Waals surface area contributed by atoms with E-state index >= 15 is 0 Å². The maximum Gasteiger partial charge on any atom is 0.344 e. The predicted molar refractivity (Wildman–Crippen MR) is 101 cm³/mol. The summed E-state index contributed by atoms with van der Waals surface area (Å²) in [6.45, 7) is 2.08. The molecule has 4 heteroatoms. The van der Waals surface area contributed by atoms with Crippen LogP contribution in [0.15, 0.2) is 18.2 Å². The van der Waals surface area contributed by atoms with Crippen molar-refractivity contribution in [3.05, 3.63) is 29.3 Å². The molecule has 0 radical (unpaired) electrons. The maximum absolute atomic E-state index is 12.3. The first-order chi connectivity index (χ1) is 12.7. The minimum Gasteiger partial charge on any atom is -0.482 e. The van der Waals surface area contributed by atoms with Crippen molar-refractivity contribution in [2.75, 3.05) is 13.7 Å². The molecule has 2 aliphatic carbocycles. The van der Waals surface area contributed by atoms with E-state index in [4.69, 9.17) is 14.2 Å². The van der Waals surface area contributed by atoms with E-state index in [0.29, 0.717) is 0 Å². The lowest BCUT2D eigenvalue weighted by molar-refractivity contribution is -0.166. The Bertz CT molecular complexity index is 604. The van der Waals surface area contributed by atoms with E-state index in [9.17, 15) is 4.79 Å². The van der Waals surface area contributed by atoms with Gasteiger partial charge in [-0.3, -0.25) is 0 Å². The van der Waals surface area contributed by atoms with Crippen molar-refractivity contribution in [1.29, 1.82) is 0 Å². The minimum absolute atomic E-state index is 0.0296. The Morgan fingerprint density at radius 1 is 1.15 bits per heavy atom. The molecular weight excluding hydrogens is 328 g/mol. The summed E-state index contributed by atoms with van der Waals surface area (Å²) in [6.07, 6.45) is 11.0. The van der Waals surface area contributed by atoms with Gasteiger partial charge in [0.1, 0.15) is 11.4 Å². The number of aryl methyl sites for hydroxylation is 1. The van der Waals surface area contributed by atoms with Gasteiger partial charge in [0, 0.05) is 7.11 Å². The SMILES string of the molecule is CCC1(OC(=O)COc2ccc3c(c2)C(OC)CCCC3)CCCCC1. The van der Waals surface area contributed by atoms with E-state index in [1.807, 2.05) is 12.1 Å². The third-order valence-corrected chi connectivity index (χ3v) is 6.01. The number of benzene rings is 1. The van der Waals surface area contributed by atoms with Crippen molar-refractivity contribution in [2.24, 2.45) is 0 Å². The molecule has 1 aromatic rings. The van der Waals surface area contributed by atoms with Gasteiger partial charge in [0.2, 0.25) is 0 Å². The van der Waals surface area contributed by atoms with Crippen LogP contribution in [0.4, 0.5) is 0 Å². The largest absolute Gasteiger partial charge is 0.482 e. The van der Waals surface area contributed by atoms with Gasteiger partial charge >= 0.3 is 5.97 Å². The average molecular weight is 360 g/mol. The molecule has 0 spiro atoms. The lowest BCUT2D eigenvalue weighted by Gasteiger charge is -2.35. The second-order valence-corrected chi connectivity index (χ2v) is 7.69. The number of hydrogen-bond acceptors (Lipinski definition) is 4. The first-order valence-corrected chi connectivity index (χ1v) is 10.2. The molecule has 1 unspecified atom stereocenters. The Morgan fingerprint density at radius 3 is 2.69 bits per heavy atom. The van der Waals surface area contributed by atoms with Crippen molar-refractivity contribution in [2.45, 2.75) is 82.8 Å². The molecule has 0 heterocycles. The predicted octanol–water partition coefficient (Wildman–Crippen LogP) is 5.14. The third-order valence-electron chi connectivity index (χ3n) is 6.01. The van der Waals surface area contributed by atoms with Crippen molar-refractivity contribution in [3.63, 3.8) is 0 Å². The third kappa shape index (κ3) is 4.59. The van der Waals surface area contributed by atoms with Gasteiger partial charge in [0.05, 0.1) is 6.10 Å². The Hall–Kier alpha value is -1.55. The second-order valence-electron chi connectivity index (χ2n) is 7.69. The molecule has 1 atom stereocenters. The van der Waals surface area contributed by atoms with Crippen molar-refractivity contribution in [3.8, 4) is 5.75 Å². The molecule has 0 N–H and O–H groups in total. The monoisotopic (exact) mass is 360 g/mol. The van der Waals surface area contributed by atoms with Gasteiger partial charge < -0.3 is 14.2 Å². The van der Waals surface area contributed by atoms with E-state index in [-0.39, 0.29) is 24.3 Å². The fraction of sp³-hybridized carbons (Fsp3) is 0.682. The lowest BCUT2D eigenvalue weighted by Crippen LogP contribution is -2.38. The van der Waals surface area contributed by atoms with Gasteiger partial charge in [-0.2, -0.15) is 0 Å². The number of hydrogen-bond donors (Lipinski definition) is 0. The summed E-state index contributed by atoms with van der Waals surface area (Å²) in [4.78, 5) is 12.3. The minimum atomic E-state index is -0.270. The Kier molecular flexibility index (Phi) is 6.58. The highest BCUT2D eigenvalue weighted by Crippen LogP contribution is 2.35. The highest BCUT2D eigenvalue weighted by atomic mass is 16.6. The molecule has 144 valence electrons. The fourth-order valence-electron chi connectivity index (χ4n) is 4.37. The highest BCUT2D eigenvalue weighted by molar-refractivity contribution is 5.71. The number of rotatable bonds is 6. The molecule has 4 nitrogen and oxygen atoms in total. The summed E-state index contributed by atoms with van der Waals surface area (Å²) < 4.78 is 17.3. The zero-order valence-electron chi connectivity index (χ0n) is 16.2. The quantitative estimate of drug-likeness (QED) is 0.521. The number of ether oxygens (including phenoxy) is 3. The second kappa shape index (κ2) is 8.90. The Morgan fingerprint density at radius 2 is 1.96 bits per heavy atom. The number of fused-ring (bicyclic) bond motifs is 1. The zero-order chi connectivity index (χ0) is 18.4. The standard InChI is InChI=1S/C22H32O4/c1-3-22(13-7-4-8-14-22)26-21(23)16-25-18-12-11-17-9-5-6-10-20(24-2)19(17)15-18/h11-12,15,20H,3-10,13-14,16H2,1-2H3. The molecule has 0 saturated heterocycles. The molecule has 0 amide bonds. The molecule has 0 bridgehead atoms. The molecule has 1 saturated carbocycles. The van der Waals surface area contributed by atoms with Crippen LogP contribution in [0.2, 0.25) is 0 Å². The number of methoxy groups -OCH3 is 1. The normalized spacial score (nSPS) is 22.2. The Balaban J connectivity index is 1.61. The van der Waals surface area contributed by atoms with Crippen LogP contribution < -0.4 is 4.74 Å². The van der Waals surface area contributed by atoms with Gasteiger partial charge in [-0.05, 0) is 74.6 Å². The summed E-state index contributed by atoms with van der Waals surface area (Å²) >= 11 is 0. The number of carbonyl (C=O) groups is 1. The van der Waals surface area contributed by atoms with Gasteiger partial charge in [0.25, 0.3) is 0 Å². The number of carbonyl (C=O) groups excluding carboxylic acids is 1. The first-order valence-electron chi connectivity index (χ1n) is 10.2. The zero-order valence-corrected chi connectivity index (χ0v) is 16.2. The van der Waals surface area contributed by atoms with E-state index < -0.39 is 0 Å². The van der Waals surface area contributed by atoms with Gasteiger partial charge in [-0.15, -0.1) is 0 Å². The van der Waals surface area contributed by atoms with Crippen LogP contribution in [0.25, 0.3) is 0 Å². The summed E-state index contributed by atoms with van der Waals surface area (Å²) in [7, 11) is 1.76. The molecule has 3 rings (SSSR count). The van der Waals surface area contributed by atoms with Crippen LogP contribution in [0.1, 0.15) is 81.9 Å². The van der Waals surface area contributed by atoms with E-state index in [2.05, 4.69) is 13.0 Å². The molecule has 2 aliphatic rings. The fourth-order valence-corrected chi connectivity index (χ4v) is 4.37. The average Bonchev–Trinajstić information content (AvgIpc) is 2.88. The molecule has 1 aromatic carbocycles. The molecule has 26 heavy (non-hydrogen) atoms. The van der Waals surface area contributed by atoms with Gasteiger partial charge in [0.15, 0.2) is 6.61 Å². The van der Waals surface area contributed by atoms with E-state index in [0.717, 1.165) is 50.7 Å². The van der Waals surface area contributed by atoms with Crippen LogP contribution in [-0.4, -0.2) is 25.3 Å². The smallest absolute Gasteiger partial charge is 0.344 e. The molecule has 0 aliphatic heterocycles. The van der Waals surface area contributed by atoms with Crippen molar-refractivity contribution < 1.29 is 19.0 Å². The van der Waals surface area contributed by atoms with Crippen LogP contribution in [0.5, 0.6) is 5.75 Å². The van der Waals surface area contributed by atoms with Crippen molar-refractivity contribution >= 4 is 5.97 Å². The molecule has 0 aromatic heterocycles. The summed E-state index contributed by atoms with van der Waals surface area (Å²) in [5.74, 6) is 0.464.